The van der Waals surface area contributed by atoms with Gasteiger partial charge in [-0.25, -0.2) is 13.1 Å². The largest absolute Gasteiger partial charge is 0.497 e. The molecule has 0 N–H and O–H groups in total. The number of rotatable bonds is 5. The van der Waals surface area contributed by atoms with E-state index in [1.165, 1.54) is 4.90 Å². The SMILES string of the molecule is COc1ccc(S(=O)(=O)N2CCC3(CCC3n3cc(C(=O)N(C)C)nn3)CC2)cc1. The average molecular weight is 434 g/mol. The van der Waals surface area contributed by atoms with Crippen molar-refractivity contribution in [2.75, 3.05) is 34.3 Å². The Labute approximate surface area is 176 Å². The van der Waals surface area contributed by atoms with Crippen molar-refractivity contribution in [3.63, 3.8) is 0 Å². The van der Waals surface area contributed by atoms with Gasteiger partial charge in [-0.1, -0.05) is 5.21 Å². The molecule has 1 spiro atoms. The molecule has 2 aliphatic rings. The summed E-state index contributed by atoms with van der Waals surface area (Å²) in [7, 11) is 1.40. The number of benzene rings is 1. The van der Waals surface area contributed by atoms with Crippen LogP contribution in [-0.4, -0.2) is 72.8 Å². The van der Waals surface area contributed by atoms with E-state index in [4.69, 9.17) is 4.74 Å². The monoisotopic (exact) mass is 433 g/mol. The van der Waals surface area contributed by atoms with Crippen LogP contribution in [0.25, 0.3) is 0 Å². The summed E-state index contributed by atoms with van der Waals surface area (Å²) in [6.45, 7) is 0.950. The van der Waals surface area contributed by atoms with Gasteiger partial charge in [0, 0.05) is 27.2 Å². The van der Waals surface area contributed by atoms with Gasteiger partial charge in [0.15, 0.2) is 5.69 Å². The predicted molar refractivity (Wildman–Crippen MR) is 110 cm³/mol. The van der Waals surface area contributed by atoms with Crippen molar-refractivity contribution in [3.8, 4) is 5.75 Å². The zero-order chi connectivity index (χ0) is 21.5. The van der Waals surface area contributed by atoms with Crippen LogP contribution in [0.5, 0.6) is 5.75 Å². The minimum atomic E-state index is -3.53. The Morgan fingerprint density at radius 2 is 1.83 bits per heavy atom. The van der Waals surface area contributed by atoms with E-state index in [0.717, 1.165) is 25.7 Å². The van der Waals surface area contributed by atoms with Crippen molar-refractivity contribution in [2.45, 2.75) is 36.6 Å². The average Bonchev–Trinajstić information content (AvgIpc) is 3.21. The number of nitrogens with zero attached hydrogens (tertiary/aromatic N) is 5. The van der Waals surface area contributed by atoms with E-state index in [-0.39, 0.29) is 22.3 Å². The number of carbonyl (C=O) groups excluding carboxylic acids is 1. The van der Waals surface area contributed by atoms with Crippen molar-refractivity contribution < 1.29 is 17.9 Å². The van der Waals surface area contributed by atoms with Crippen molar-refractivity contribution in [3.05, 3.63) is 36.2 Å². The lowest BCUT2D eigenvalue weighted by Crippen LogP contribution is -2.51. The summed E-state index contributed by atoms with van der Waals surface area (Å²) in [5, 5.41) is 8.23. The molecule has 2 fully saturated rings. The van der Waals surface area contributed by atoms with Crippen LogP contribution in [0.3, 0.4) is 0 Å². The van der Waals surface area contributed by atoms with Crippen LogP contribution >= 0.6 is 0 Å². The molecule has 2 heterocycles. The van der Waals surface area contributed by atoms with Gasteiger partial charge >= 0.3 is 0 Å². The van der Waals surface area contributed by atoms with Gasteiger partial charge in [-0.05, 0) is 55.4 Å². The summed E-state index contributed by atoms with van der Waals surface area (Å²) in [4.78, 5) is 13.9. The Bertz CT molecular complexity index is 1020. The van der Waals surface area contributed by atoms with Gasteiger partial charge in [-0.2, -0.15) is 4.31 Å². The summed E-state index contributed by atoms with van der Waals surface area (Å²) >= 11 is 0. The molecule has 1 saturated heterocycles. The Balaban J connectivity index is 1.45. The molecular weight excluding hydrogens is 406 g/mol. The smallest absolute Gasteiger partial charge is 0.275 e. The molecule has 0 bridgehead atoms. The zero-order valence-electron chi connectivity index (χ0n) is 17.5. The fraction of sp³-hybridized carbons (Fsp3) is 0.550. The second-order valence-electron chi connectivity index (χ2n) is 8.28. The molecule has 1 saturated carbocycles. The van der Waals surface area contributed by atoms with Crippen LogP contribution in [0, 0.1) is 5.41 Å². The molecule has 9 nitrogen and oxygen atoms in total. The van der Waals surface area contributed by atoms with Gasteiger partial charge in [-0.3, -0.25) is 4.79 Å². The second kappa shape index (κ2) is 7.66. The predicted octanol–water partition coefficient (Wildman–Crippen LogP) is 1.79. The molecule has 2 aromatic rings. The maximum Gasteiger partial charge on any atom is 0.275 e. The third-order valence-corrected chi connectivity index (χ3v) is 8.41. The van der Waals surface area contributed by atoms with Gasteiger partial charge in [0.05, 0.1) is 24.2 Å². The van der Waals surface area contributed by atoms with Crippen molar-refractivity contribution in [1.82, 2.24) is 24.2 Å². The second-order valence-corrected chi connectivity index (χ2v) is 10.2. The van der Waals surface area contributed by atoms with Gasteiger partial charge in [0.2, 0.25) is 10.0 Å². The van der Waals surface area contributed by atoms with Gasteiger partial charge in [0.1, 0.15) is 5.75 Å². The molecule has 1 unspecified atom stereocenters. The maximum absolute atomic E-state index is 13.0. The van der Waals surface area contributed by atoms with Crippen LogP contribution in [0.4, 0.5) is 0 Å². The Hall–Kier alpha value is -2.46. The summed E-state index contributed by atoms with van der Waals surface area (Å²) < 4.78 is 34.5. The third kappa shape index (κ3) is 3.47. The van der Waals surface area contributed by atoms with Gasteiger partial charge in [0.25, 0.3) is 5.91 Å². The lowest BCUT2D eigenvalue weighted by molar-refractivity contribution is -0.0160. The first-order valence-electron chi connectivity index (χ1n) is 10.0. The fourth-order valence-corrected chi connectivity index (χ4v) is 5.94. The maximum atomic E-state index is 13.0. The lowest BCUT2D eigenvalue weighted by atomic mass is 9.59. The van der Waals surface area contributed by atoms with E-state index in [9.17, 15) is 13.2 Å². The van der Waals surface area contributed by atoms with E-state index < -0.39 is 10.0 Å². The molecule has 162 valence electrons. The molecule has 1 aromatic carbocycles. The molecule has 30 heavy (non-hydrogen) atoms. The Morgan fingerprint density at radius 3 is 2.37 bits per heavy atom. The molecule has 1 amide bonds. The first kappa shape index (κ1) is 20.8. The first-order chi connectivity index (χ1) is 14.3. The number of amides is 1. The summed E-state index contributed by atoms with van der Waals surface area (Å²) in [6.07, 6.45) is 5.25. The number of piperidine rings is 1. The quantitative estimate of drug-likeness (QED) is 0.713. The summed E-state index contributed by atoms with van der Waals surface area (Å²) in [5.41, 5.74) is 0.347. The summed E-state index contributed by atoms with van der Waals surface area (Å²) in [6, 6.07) is 6.65. The number of methoxy groups -OCH3 is 1. The molecule has 0 radical (unpaired) electrons. The van der Waals surface area contributed by atoms with Crippen LogP contribution in [0.1, 0.15) is 42.2 Å². The minimum absolute atomic E-state index is 0.0120. The van der Waals surface area contributed by atoms with E-state index >= 15 is 0 Å². The molecular formula is C20H27N5O4S. The number of hydrogen-bond donors (Lipinski definition) is 0. The number of sulfonamides is 1. The van der Waals surface area contributed by atoms with Crippen LogP contribution in [-0.2, 0) is 10.0 Å². The highest BCUT2D eigenvalue weighted by Crippen LogP contribution is 2.56. The van der Waals surface area contributed by atoms with Gasteiger partial charge in [-0.15, -0.1) is 5.10 Å². The standard InChI is InChI=1S/C20H27N5O4S/c1-23(2)19(26)17-14-25(22-21-17)18-8-9-20(18)10-12-24(13-11-20)30(27,28)16-6-4-15(29-3)5-7-16/h4-7,14,18H,8-13H2,1-3H3. The van der Waals surface area contributed by atoms with Crippen LogP contribution in [0.2, 0.25) is 0 Å². The van der Waals surface area contributed by atoms with E-state index in [0.29, 0.717) is 24.5 Å². The van der Waals surface area contributed by atoms with E-state index in [2.05, 4.69) is 10.3 Å². The first-order valence-corrected chi connectivity index (χ1v) is 11.5. The number of ether oxygens (including phenoxy) is 1. The van der Waals surface area contributed by atoms with Gasteiger partial charge < -0.3 is 9.64 Å². The number of hydrogen-bond acceptors (Lipinski definition) is 6. The van der Waals surface area contributed by atoms with Crippen molar-refractivity contribution >= 4 is 15.9 Å². The zero-order valence-corrected chi connectivity index (χ0v) is 18.3. The highest BCUT2D eigenvalue weighted by atomic mass is 32.2. The molecule has 4 rings (SSSR count). The van der Waals surface area contributed by atoms with Crippen LogP contribution < -0.4 is 4.74 Å². The number of aromatic nitrogens is 3. The highest BCUT2D eigenvalue weighted by Gasteiger charge is 2.51. The lowest BCUT2D eigenvalue weighted by Gasteiger charge is -2.53. The Morgan fingerprint density at radius 1 is 1.17 bits per heavy atom. The van der Waals surface area contributed by atoms with Crippen molar-refractivity contribution in [2.24, 2.45) is 5.41 Å². The normalized spacial score (nSPS) is 21.2. The highest BCUT2D eigenvalue weighted by molar-refractivity contribution is 7.89. The van der Waals surface area contributed by atoms with Crippen molar-refractivity contribution in [1.29, 1.82) is 0 Å². The minimum Gasteiger partial charge on any atom is -0.497 e. The molecule has 10 heteroatoms. The van der Waals surface area contributed by atoms with E-state index in [1.807, 2.05) is 0 Å². The molecule has 1 aliphatic heterocycles. The topological polar surface area (TPSA) is 97.6 Å². The Kier molecular flexibility index (Phi) is 5.31. The summed E-state index contributed by atoms with van der Waals surface area (Å²) in [5.74, 6) is 0.457. The van der Waals surface area contributed by atoms with E-state index in [1.54, 1.807) is 60.7 Å². The molecule has 1 atom stereocenters. The molecule has 1 aliphatic carbocycles. The fourth-order valence-electron chi connectivity index (χ4n) is 4.50. The van der Waals surface area contributed by atoms with Crippen LogP contribution in [0.15, 0.2) is 35.4 Å². The number of carbonyl (C=O) groups is 1. The third-order valence-electron chi connectivity index (χ3n) is 6.49. The molecule has 1 aromatic heterocycles.